The molecule has 0 saturated carbocycles. The van der Waals surface area contributed by atoms with E-state index in [2.05, 4.69) is 4.98 Å². The zero-order valence-electron chi connectivity index (χ0n) is 10.9. The van der Waals surface area contributed by atoms with Gasteiger partial charge in [-0.3, -0.25) is 9.20 Å². The van der Waals surface area contributed by atoms with E-state index in [1.807, 2.05) is 6.07 Å². The van der Waals surface area contributed by atoms with Crippen molar-refractivity contribution < 1.29 is 10.2 Å². The predicted molar refractivity (Wildman–Crippen MR) is 81.5 cm³/mol. The molecule has 0 spiro atoms. The summed E-state index contributed by atoms with van der Waals surface area (Å²) in [5, 5.41) is 30.5. The van der Waals surface area contributed by atoms with Gasteiger partial charge in [-0.2, -0.15) is 10.2 Å². The predicted octanol–water partition coefficient (Wildman–Crippen LogP) is 2.30. The number of rotatable bonds is 0. The van der Waals surface area contributed by atoms with E-state index < -0.39 is 11.4 Å². The van der Waals surface area contributed by atoms with Crippen molar-refractivity contribution in [2.45, 2.75) is 0 Å². The SMILES string of the molecule is N#Cc1sc2nc(O)cc(=O)n2c2c3ccccc3c(O)c1-2. The maximum Gasteiger partial charge on any atom is 0.262 e. The Labute approximate surface area is 127 Å². The third-order valence-electron chi connectivity index (χ3n) is 3.53. The van der Waals surface area contributed by atoms with Crippen molar-refractivity contribution >= 4 is 27.1 Å². The average molecular weight is 309 g/mol. The Morgan fingerprint density at radius 2 is 1.95 bits per heavy atom. The Morgan fingerprint density at radius 1 is 1.23 bits per heavy atom. The second kappa shape index (κ2) is 4.19. The third-order valence-corrected chi connectivity index (χ3v) is 4.49. The quantitative estimate of drug-likeness (QED) is 0.519. The monoisotopic (exact) mass is 309 g/mol. The van der Waals surface area contributed by atoms with Gasteiger partial charge in [0, 0.05) is 10.8 Å². The van der Waals surface area contributed by atoms with E-state index in [4.69, 9.17) is 0 Å². The molecule has 2 heterocycles. The molecular weight excluding hydrogens is 302 g/mol. The Hall–Kier alpha value is -3.11. The van der Waals surface area contributed by atoms with Crippen LogP contribution in [-0.4, -0.2) is 19.6 Å². The van der Waals surface area contributed by atoms with Crippen LogP contribution in [0.3, 0.4) is 0 Å². The highest BCUT2D eigenvalue weighted by Gasteiger charge is 2.25. The molecule has 7 heteroatoms. The first-order valence-electron chi connectivity index (χ1n) is 6.31. The van der Waals surface area contributed by atoms with Gasteiger partial charge >= 0.3 is 0 Å². The summed E-state index contributed by atoms with van der Waals surface area (Å²) in [6, 6.07) is 10.1. The van der Waals surface area contributed by atoms with Crippen LogP contribution in [0, 0.1) is 11.3 Å². The molecule has 0 radical (unpaired) electrons. The zero-order chi connectivity index (χ0) is 15.4. The van der Waals surface area contributed by atoms with E-state index >= 15 is 0 Å². The molecular formula is C15H7N3O3S. The molecule has 1 aromatic heterocycles. The van der Waals surface area contributed by atoms with Gasteiger partial charge in [0.15, 0.2) is 0 Å². The largest absolute Gasteiger partial charge is 0.507 e. The summed E-state index contributed by atoms with van der Waals surface area (Å²) in [5.74, 6) is -0.426. The molecule has 2 aromatic rings. The normalized spacial score (nSPS) is 11.2. The smallest absolute Gasteiger partial charge is 0.262 e. The van der Waals surface area contributed by atoms with E-state index in [1.54, 1.807) is 24.3 Å². The summed E-state index contributed by atoms with van der Waals surface area (Å²) in [7, 11) is 0. The molecule has 1 aliphatic carbocycles. The van der Waals surface area contributed by atoms with Crippen molar-refractivity contribution in [3.63, 3.8) is 0 Å². The maximum atomic E-state index is 12.3. The fourth-order valence-corrected chi connectivity index (χ4v) is 3.61. The minimum absolute atomic E-state index is 0.0275. The number of aromatic nitrogens is 2. The fraction of sp³-hybridized carbons (Fsp3) is 0. The van der Waals surface area contributed by atoms with Gasteiger partial charge in [-0.25, -0.2) is 0 Å². The van der Waals surface area contributed by atoms with Crippen LogP contribution >= 0.6 is 11.3 Å². The lowest BCUT2D eigenvalue weighted by atomic mass is 10.2. The molecule has 22 heavy (non-hydrogen) atoms. The molecule has 2 N–H and O–H groups in total. The Balaban J connectivity index is 2.43. The second-order valence-electron chi connectivity index (χ2n) is 4.73. The topological polar surface area (TPSA) is 98.6 Å². The van der Waals surface area contributed by atoms with Crippen LogP contribution in [0.4, 0.5) is 0 Å². The molecule has 0 unspecified atom stereocenters. The minimum atomic E-state index is -0.469. The van der Waals surface area contributed by atoms with Crippen LogP contribution in [-0.2, 0) is 0 Å². The van der Waals surface area contributed by atoms with Gasteiger partial charge in [0.05, 0.1) is 17.3 Å². The van der Waals surface area contributed by atoms with Crippen LogP contribution in [0.5, 0.6) is 11.6 Å². The first-order valence-corrected chi connectivity index (χ1v) is 7.12. The highest BCUT2D eigenvalue weighted by Crippen LogP contribution is 2.46. The molecule has 6 nitrogen and oxygen atoms in total. The second-order valence-corrected chi connectivity index (χ2v) is 5.71. The summed E-state index contributed by atoms with van der Waals surface area (Å²) < 4.78 is 1.31. The van der Waals surface area contributed by atoms with Gasteiger partial charge < -0.3 is 10.2 Å². The molecule has 0 bridgehead atoms. The van der Waals surface area contributed by atoms with Gasteiger partial charge in [0.1, 0.15) is 16.7 Å². The van der Waals surface area contributed by atoms with Gasteiger partial charge in [-0.05, 0) is 0 Å². The van der Waals surface area contributed by atoms with Crippen LogP contribution in [0.2, 0.25) is 0 Å². The van der Waals surface area contributed by atoms with Gasteiger partial charge in [-0.15, -0.1) is 0 Å². The lowest BCUT2D eigenvalue weighted by molar-refractivity contribution is 0.453. The number of benzene rings is 1. The van der Waals surface area contributed by atoms with E-state index in [-0.39, 0.29) is 15.6 Å². The maximum absolute atomic E-state index is 12.3. The van der Waals surface area contributed by atoms with E-state index in [1.165, 1.54) is 4.40 Å². The van der Waals surface area contributed by atoms with Gasteiger partial charge in [-0.1, -0.05) is 35.6 Å². The van der Waals surface area contributed by atoms with E-state index in [0.717, 1.165) is 17.4 Å². The summed E-state index contributed by atoms with van der Waals surface area (Å²) in [4.78, 5) is 16.6. The summed E-state index contributed by atoms with van der Waals surface area (Å²) in [5.41, 5.74) is 0.288. The molecule has 2 aliphatic rings. The standard InChI is InChI=1S/C15H7N3O3S/c16-6-9-12-13(7-3-1-2-4-8(7)14(12)21)18-11(20)5-10(19)17-15(18)22-9/h1-5,19,21H. The first-order chi connectivity index (χ1) is 10.6. The average Bonchev–Trinajstić information content (AvgIpc) is 2.80. The van der Waals surface area contributed by atoms with Crippen molar-refractivity contribution in [3.8, 4) is 29.0 Å². The van der Waals surface area contributed by atoms with Crippen LogP contribution in [0.1, 0.15) is 4.88 Å². The van der Waals surface area contributed by atoms with Gasteiger partial charge in [0.2, 0.25) is 10.8 Å². The van der Waals surface area contributed by atoms with E-state index in [0.29, 0.717) is 22.0 Å². The zero-order valence-corrected chi connectivity index (χ0v) is 11.8. The van der Waals surface area contributed by atoms with Crippen molar-refractivity contribution in [2.75, 3.05) is 0 Å². The van der Waals surface area contributed by atoms with Crippen LogP contribution in [0.15, 0.2) is 35.1 Å². The van der Waals surface area contributed by atoms with Crippen molar-refractivity contribution in [1.82, 2.24) is 9.38 Å². The Bertz CT molecular complexity index is 1140. The molecule has 1 aromatic carbocycles. The molecule has 1 aliphatic heterocycles. The lowest BCUT2D eigenvalue weighted by Crippen LogP contribution is -2.15. The summed E-state index contributed by atoms with van der Waals surface area (Å²) in [6.45, 7) is 0. The highest BCUT2D eigenvalue weighted by molar-refractivity contribution is 7.17. The number of nitriles is 1. The Morgan fingerprint density at radius 3 is 2.68 bits per heavy atom. The first kappa shape index (κ1) is 12.6. The lowest BCUT2D eigenvalue weighted by Gasteiger charge is -2.09. The molecule has 0 atom stereocenters. The number of hydrogen-bond donors (Lipinski definition) is 2. The van der Waals surface area contributed by atoms with Crippen molar-refractivity contribution in [2.24, 2.45) is 0 Å². The summed E-state index contributed by atoms with van der Waals surface area (Å²) in [6.07, 6.45) is 0. The highest BCUT2D eigenvalue weighted by atomic mass is 32.1. The molecule has 106 valence electrons. The van der Waals surface area contributed by atoms with Crippen molar-refractivity contribution in [3.05, 3.63) is 45.6 Å². The number of aromatic hydroxyl groups is 2. The molecule has 4 rings (SSSR count). The Kier molecular flexibility index (Phi) is 2.40. The van der Waals surface area contributed by atoms with Crippen molar-refractivity contribution in [1.29, 1.82) is 5.26 Å². The third kappa shape index (κ3) is 1.47. The minimum Gasteiger partial charge on any atom is -0.507 e. The molecule has 0 saturated heterocycles. The summed E-state index contributed by atoms with van der Waals surface area (Å²) >= 11 is 0.945. The van der Waals surface area contributed by atoms with Gasteiger partial charge in [0.25, 0.3) is 5.56 Å². The molecule has 0 amide bonds. The number of nitrogens with zero attached hydrogens (tertiary/aromatic N) is 3. The number of hydrogen-bond acceptors (Lipinski definition) is 6. The number of fused-ring (bicyclic) bond motifs is 5. The van der Waals surface area contributed by atoms with Crippen LogP contribution in [0.25, 0.3) is 27.0 Å². The fourth-order valence-electron chi connectivity index (χ4n) is 2.67. The molecule has 0 fully saturated rings. The van der Waals surface area contributed by atoms with Crippen LogP contribution < -0.4 is 5.56 Å². The van der Waals surface area contributed by atoms with E-state index in [9.17, 15) is 20.3 Å².